The Morgan fingerprint density at radius 1 is 1.04 bits per heavy atom. The molecule has 6 aliphatic rings. The van der Waals surface area contributed by atoms with Crippen LogP contribution >= 0.6 is 0 Å². The number of fused-ring (bicyclic) bond motifs is 1. The number of hydrogen-bond acceptors (Lipinski definition) is 6. The Bertz CT molecular complexity index is 1680. The summed E-state index contributed by atoms with van der Waals surface area (Å²) in [7, 11) is 0. The first kappa shape index (κ1) is 30.6. The van der Waals surface area contributed by atoms with Gasteiger partial charge in [-0.2, -0.15) is 13.2 Å². The van der Waals surface area contributed by atoms with E-state index in [0.717, 1.165) is 31.2 Å². The third-order valence-electron chi connectivity index (χ3n) is 11.1. The molecule has 250 valence electrons. The first-order valence-electron chi connectivity index (χ1n) is 16.5. The molecule has 3 atom stereocenters. The van der Waals surface area contributed by atoms with Crippen LogP contribution in [0.4, 0.5) is 22.4 Å². The van der Waals surface area contributed by atoms with Crippen LogP contribution in [0, 0.1) is 23.2 Å². The average Bonchev–Trinajstić information content (AvgIpc) is 3.96. The van der Waals surface area contributed by atoms with Crippen molar-refractivity contribution in [2.24, 2.45) is 23.2 Å². The van der Waals surface area contributed by atoms with E-state index in [4.69, 9.17) is 9.72 Å². The molecule has 47 heavy (non-hydrogen) atoms. The number of aliphatic hydroxyl groups is 1. The van der Waals surface area contributed by atoms with Gasteiger partial charge in [0.2, 0.25) is 5.91 Å². The van der Waals surface area contributed by atoms with Crippen LogP contribution in [-0.4, -0.2) is 60.9 Å². The number of aromatic amines is 1. The van der Waals surface area contributed by atoms with Gasteiger partial charge in [-0.1, -0.05) is 30.3 Å². The largest absolute Gasteiger partial charge is 0.445 e. The lowest BCUT2D eigenvalue weighted by Crippen LogP contribution is -2.71. The maximum Gasteiger partial charge on any atom is 0.417 e. The molecule has 9 nitrogen and oxygen atoms in total. The molecule has 1 aromatic carbocycles. The first-order chi connectivity index (χ1) is 22.4. The third-order valence-corrected chi connectivity index (χ3v) is 11.1. The van der Waals surface area contributed by atoms with Crippen LogP contribution in [0.25, 0.3) is 11.2 Å². The fraction of sp³-hybridized carbons (Fsp3) is 0.588. The number of nitrogens with one attached hydrogen (secondary N) is 2. The van der Waals surface area contributed by atoms with Gasteiger partial charge in [0.15, 0.2) is 11.2 Å². The van der Waals surface area contributed by atoms with Crippen LogP contribution in [0.2, 0.25) is 0 Å². The number of halogens is 4. The van der Waals surface area contributed by atoms with E-state index < -0.39 is 53.9 Å². The van der Waals surface area contributed by atoms with Crippen molar-refractivity contribution in [2.75, 3.05) is 6.54 Å². The van der Waals surface area contributed by atoms with Gasteiger partial charge in [0.1, 0.15) is 18.1 Å². The number of carbonyl (C=O) groups excluding carboxylic acids is 2. The zero-order chi connectivity index (χ0) is 32.8. The fourth-order valence-corrected chi connectivity index (χ4v) is 8.34. The highest BCUT2D eigenvalue weighted by atomic mass is 19.4. The average molecular weight is 656 g/mol. The van der Waals surface area contributed by atoms with Gasteiger partial charge in [-0.15, -0.1) is 0 Å². The number of likely N-dealkylation sites (tertiary alicyclic amines) is 1. The Balaban J connectivity index is 1.09. The minimum absolute atomic E-state index is 0.0755. The normalized spacial score (nSPS) is 30.9. The van der Waals surface area contributed by atoms with Gasteiger partial charge in [0, 0.05) is 19.4 Å². The SMILES string of the molecule is O=C(NC(c1nc2nc(C3CC(O)(C(F)(F)F)CCN3C(=O)C34CC(F)(C3)C4)ccc2[nH]1)C(C1CC1)C1CC1)OCc1ccccc1. The molecule has 2 aromatic heterocycles. The molecule has 13 heteroatoms. The highest BCUT2D eigenvalue weighted by molar-refractivity contribution is 5.87. The number of nitrogens with zero attached hydrogens (tertiary/aromatic N) is 3. The van der Waals surface area contributed by atoms with Gasteiger partial charge in [-0.3, -0.25) is 4.79 Å². The molecule has 0 radical (unpaired) electrons. The number of H-pyrrole nitrogens is 1. The summed E-state index contributed by atoms with van der Waals surface area (Å²) < 4.78 is 62.0. The Morgan fingerprint density at radius 2 is 1.72 bits per heavy atom. The molecule has 3 aromatic rings. The van der Waals surface area contributed by atoms with Crippen LogP contribution in [0.3, 0.4) is 0 Å². The van der Waals surface area contributed by atoms with Crippen molar-refractivity contribution in [1.29, 1.82) is 0 Å². The van der Waals surface area contributed by atoms with E-state index >= 15 is 0 Å². The predicted octanol–water partition coefficient (Wildman–Crippen LogP) is 6.21. The number of ether oxygens (including phenoxy) is 1. The molecular formula is C34H37F4N5O4. The summed E-state index contributed by atoms with van der Waals surface area (Å²) >= 11 is 0. The number of carbonyl (C=O) groups is 2. The molecule has 1 aliphatic heterocycles. The summed E-state index contributed by atoms with van der Waals surface area (Å²) in [4.78, 5) is 40.7. The standard InChI is InChI=1S/C34H37F4N5O4/c35-32-16-31(17-32,18-32)29(44)43-13-12-33(46,34(36,37)38)14-24(43)22-10-11-23-27(39-22)42-28(40-23)26(25(20-6-7-20)21-8-9-21)41-30(45)47-15-19-4-2-1-3-5-19/h1-5,10-11,20-21,24-26,46H,6-9,12-18H2,(H,41,45)(H,39,40,42). The van der Waals surface area contributed by atoms with Crippen molar-refractivity contribution in [3.05, 3.63) is 59.5 Å². The number of piperidine rings is 1. The molecule has 3 heterocycles. The van der Waals surface area contributed by atoms with Crippen molar-refractivity contribution < 1.29 is 37.0 Å². The van der Waals surface area contributed by atoms with Gasteiger partial charge in [-0.25, -0.2) is 19.2 Å². The van der Waals surface area contributed by atoms with E-state index in [2.05, 4.69) is 15.3 Å². The Kier molecular flexibility index (Phi) is 6.92. The molecule has 6 fully saturated rings. The summed E-state index contributed by atoms with van der Waals surface area (Å²) in [6.45, 7) is -0.218. The van der Waals surface area contributed by atoms with Gasteiger partial charge in [0.05, 0.1) is 28.7 Å². The minimum atomic E-state index is -4.90. The van der Waals surface area contributed by atoms with Crippen LogP contribution in [0.5, 0.6) is 0 Å². The molecule has 1 saturated heterocycles. The molecule has 2 bridgehead atoms. The number of amides is 2. The smallest absolute Gasteiger partial charge is 0.417 e. The second-order valence-corrected chi connectivity index (χ2v) is 14.6. The van der Waals surface area contributed by atoms with Gasteiger partial charge in [-0.05, 0) is 80.4 Å². The van der Waals surface area contributed by atoms with Crippen molar-refractivity contribution in [3.8, 4) is 0 Å². The summed E-state index contributed by atoms with van der Waals surface area (Å²) in [5.74, 6) is 1.10. The summed E-state index contributed by atoms with van der Waals surface area (Å²) in [5.41, 5.74) is -3.47. The highest BCUT2D eigenvalue weighted by Gasteiger charge is 2.74. The number of alkyl halides is 4. The van der Waals surface area contributed by atoms with E-state index in [0.29, 0.717) is 23.2 Å². The molecule has 2 amide bonds. The predicted molar refractivity (Wildman–Crippen MR) is 160 cm³/mol. The van der Waals surface area contributed by atoms with Gasteiger partial charge in [0.25, 0.3) is 0 Å². The monoisotopic (exact) mass is 655 g/mol. The Labute approximate surface area is 268 Å². The lowest BCUT2D eigenvalue weighted by Gasteiger charge is -2.65. The number of imidazole rings is 1. The van der Waals surface area contributed by atoms with E-state index in [1.165, 1.54) is 4.90 Å². The summed E-state index contributed by atoms with van der Waals surface area (Å²) in [6.07, 6.45) is -2.48. The maximum atomic E-state index is 14.3. The van der Waals surface area contributed by atoms with E-state index in [1.54, 1.807) is 12.1 Å². The quantitative estimate of drug-likeness (QED) is 0.236. The molecule has 3 N–H and O–H groups in total. The summed E-state index contributed by atoms with van der Waals surface area (Å²) in [6, 6.07) is 10.9. The Hall–Kier alpha value is -3.74. The van der Waals surface area contributed by atoms with Crippen LogP contribution in [-0.2, 0) is 16.1 Å². The molecule has 5 aliphatic carbocycles. The zero-order valence-corrected chi connectivity index (χ0v) is 25.7. The minimum Gasteiger partial charge on any atom is -0.445 e. The van der Waals surface area contributed by atoms with Gasteiger partial charge < -0.3 is 25.0 Å². The lowest BCUT2D eigenvalue weighted by atomic mass is 9.41. The topological polar surface area (TPSA) is 120 Å². The van der Waals surface area contributed by atoms with Crippen molar-refractivity contribution in [3.63, 3.8) is 0 Å². The number of benzene rings is 1. The second-order valence-electron chi connectivity index (χ2n) is 14.6. The number of pyridine rings is 1. The summed E-state index contributed by atoms with van der Waals surface area (Å²) in [5, 5.41) is 13.8. The molecule has 9 rings (SSSR count). The van der Waals surface area contributed by atoms with E-state index in [1.807, 2.05) is 30.3 Å². The molecule has 5 saturated carbocycles. The maximum absolute atomic E-state index is 14.3. The molecule has 0 spiro atoms. The van der Waals surface area contributed by atoms with Crippen LogP contribution in [0.15, 0.2) is 42.5 Å². The van der Waals surface area contributed by atoms with E-state index in [-0.39, 0.29) is 55.6 Å². The van der Waals surface area contributed by atoms with Crippen LogP contribution in [0.1, 0.15) is 87.0 Å². The lowest BCUT2D eigenvalue weighted by molar-refractivity contribution is -0.280. The third kappa shape index (κ3) is 5.44. The second kappa shape index (κ2) is 10.6. The number of aromatic nitrogens is 3. The van der Waals surface area contributed by atoms with E-state index in [9.17, 15) is 32.3 Å². The number of alkyl carbamates (subject to hydrolysis) is 1. The highest BCUT2D eigenvalue weighted by Crippen LogP contribution is 2.70. The first-order valence-corrected chi connectivity index (χ1v) is 16.5. The molecule has 3 unspecified atom stereocenters. The Morgan fingerprint density at radius 3 is 2.34 bits per heavy atom. The van der Waals surface area contributed by atoms with Crippen molar-refractivity contribution >= 4 is 23.2 Å². The van der Waals surface area contributed by atoms with Crippen LogP contribution < -0.4 is 5.32 Å². The van der Waals surface area contributed by atoms with Crippen molar-refractivity contribution in [2.45, 2.75) is 93.9 Å². The number of hydrogen-bond donors (Lipinski definition) is 3. The van der Waals surface area contributed by atoms with Gasteiger partial charge >= 0.3 is 12.3 Å². The molecular weight excluding hydrogens is 618 g/mol. The number of rotatable bonds is 9. The fourth-order valence-electron chi connectivity index (χ4n) is 8.34. The zero-order valence-electron chi connectivity index (χ0n) is 25.7. The van der Waals surface area contributed by atoms with Crippen molar-refractivity contribution in [1.82, 2.24) is 25.2 Å².